The van der Waals surface area contributed by atoms with E-state index in [1.54, 1.807) is 17.1 Å². The van der Waals surface area contributed by atoms with Gasteiger partial charge in [0.15, 0.2) is 10.9 Å². The summed E-state index contributed by atoms with van der Waals surface area (Å²) in [5.41, 5.74) is 0.418. The van der Waals surface area contributed by atoms with Gasteiger partial charge in [0.1, 0.15) is 5.69 Å². The third-order valence-electron chi connectivity index (χ3n) is 2.57. The van der Waals surface area contributed by atoms with Crippen LogP contribution in [0, 0.1) is 0 Å². The van der Waals surface area contributed by atoms with Crippen LogP contribution in [0.15, 0.2) is 5.38 Å². The number of nitrogens with zero attached hydrogens (tertiary/aromatic N) is 1. The molecule has 1 N–H and O–H groups in total. The van der Waals surface area contributed by atoms with Crippen molar-refractivity contribution in [1.82, 2.24) is 4.98 Å². The van der Waals surface area contributed by atoms with Gasteiger partial charge in [-0.3, -0.25) is 9.59 Å². The molecule has 0 aromatic carbocycles. The molecule has 1 fully saturated rings. The van der Waals surface area contributed by atoms with Gasteiger partial charge in [0.25, 0.3) is 0 Å². The van der Waals surface area contributed by atoms with Gasteiger partial charge < -0.3 is 5.32 Å². The lowest BCUT2D eigenvalue weighted by atomic mass is 10.2. The summed E-state index contributed by atoms with van der Waals surface area (Å²) < 4.78 is 0. The maximum absolute atomic E-state index is 11.9. The number of hydrogen-bond donors (Lipinski definition) is 1. The molecule has 1 saturated heterocycles. The summed E-state index contributed by atoms with van der Waals surface area (Å²) in [4.78, 5) is 27.0. The quantitative estimate of drug-likeness (QED) is 0.858. The first kappa shape index (κ1) is 12.6. The van der Waals surface area contributed by atoms with Gasteiger partial charge in [-0.05, 0) is 18.6 Å². The van der Waals surface area contributed by atoms with Crippen molar-refractivity contribution in [2.75, 3.05) is 11.1 Å². The summed E-state index contributed by atoms with van der Waals surface area (Å²) in [7, 11) is 0. The summed E-state index contributed by atoms with van der Waals surface area (Å²) in [6.07, 6.45) is 3.24. The number of aromatic nitrogens is 1. The maximum Gasteiger partial charge on any atom is 0.239 e. The molecule has 1 aromatic heterocycles. The molecule has 2 heterocycles. The molecule has 0 bridgehead atoms. The van der Waals surface area contributed by atoms with E-state index in [9.17, 15) is 9.59 Å². The number of Topliss-reactive ketones (excluding diaryl/α,β-unsaturated/α-hetero) is 1. The van der Waals surface area contributed by atoms with Gasteiger partial charge >= 0.3 is 0 Å². The van der Waals surface area contributed by atoms with Gasteiger partial charge in [0.05, 0.1) is 5.25 Å². The number of thioether (sulfide) groups is 1. The maximum atomic E-state index is 11.9. The van der Waals surface area contributed by atoms with Crippen molar-refractivity contribution < 1.29 is 9.59 Å². The summed E-state index contributed by atoms with van der Waals surface area (Å²) in [5, 5.41) is 5.01. The minimum absolute atomic E-state index is 0.0131. The minimum Gasteiger partial charge on any atom is -0.301 e. The number of ketones is 1. The summed E-state index contributed by atoms with van der Waals surface area (Å²) in [6.45, 7) is 1.47. The Bertz CT molecular complexity index is 425. The number of amides is 1. The van der Waals surface area contributed by atoms with Crippen LogP contribution in [-0.4, -0.2) is 27.7 Å². The van der Waals surface area contributed by atoms with Crippen LogP contribution >= 0.6 is 23.1 Å². The van der Waals surface area contributed by atoms with E-state index in [1.165, 1.54) is 24.7 Å². The highest BCUT2D eigenvalue weighted by Gasteiger charge is 2.22. The number of hydrogen-bond acceptors (Lipinski definition) is 5. The summed E-state index contributed by atoms with van der Waals surface area (Å²) in [6, 6.07) is 0. The number of rotatable bonds is 3. The van der Waals surface area contributed by atoms with Crippen LogP contribution in [0.25, 0.3) is 0 Å². The average Bonchev–Trinajstić information content (AvgIpc) is 2.79. The van der Waals surface area contributed by atoms with Crippen LogP contribution in [0.1, 0.15) is 36.7 Å². The lowest BCUT2D eigenvalue weighted by molar-refractivity contribution is -0.115. The Morgan fingerprint density at radius 2 is 2.29 bits per heavy atom. The Kier molecular flexibility index (Phi) is 4.17. The number of carbonyl (C=O) groups excluding carboxylic acids is 2. The SMILES string of the molecule is CC(=O)c1csc(NC(=O)C2CCCCS2)n1. The van der Waals surface area contributed by atoms with Crippen LogP contribution < -0.4 is 5.32 Å². The molecule has 1 atom stereocenters. The number of anilines is 1. The van der Waals surface area contributed by atoms with Gasteiger partial charge in [0, 0.05) is 12.3 Å². The Morgan fingerprint density at radius 1 is 1.47 bits per heavy atom. The molecule has 2 rings (SSSR count). The first-order valence-corrected chi connectivity index (χ1v) is 7.48. The summed E-state index contributed by atoms with van der Waals surface area (Å²) in [5.74, 6) is 0.988. The fraction of sp³-hybridized carbons (Fsp3) is 0.545. The van der Waals surface area contributed by atoms with E-state index >= 15 is 0 Å². The van der Waals surface area contributed by atoms with Crippen molar-refractivity contribution in [1.29, 1.82) is 0 Å². The van der Waals surface area contributed by atoms with Gasteiger partial charge in [-0.1, -0.05) is 6.42 Å². The smallest absolute Gasteiger partial charge is 0.239 e. The molecule has 6 heteroatoms. The number of nitrogens with one attached hydrogen (secondary N) is 1. The van der Waals surface area contributed by atoms with Crippen molar-refractivity contribution >= 4 is 39.9 Å². The first-order chi connectivity index (χ1) is 8.16. The highest BCUT2D eigenvalue weighted by atomic mass is 32.2. The fourth-order valence-corrected chi connectivity index (χ4v) is 3.58. The number of thiazole rings is 1. The van der Waals surface area contributed by atoms with Crippen molar-refractivity contribution in [3.8, 4) is 0 Å². The van der Waals surface area contributed by atoms with E-state index < -0.39 is 0 Å². The zero-order valence-corrected chi connectivity index (χ0v) is 11.2. The van der Waals surface area contributed by atoms with E-state index in [1.807, 2.05) is 0 Å². The molecule has 1 unspecified atom stereocenters. The van der Waals surface area contributed by atoms with Crippen molar-refractivity contribution in [3.63, 3.8) is 0 Å². The highest BCUT2D eigenvalue weighted by molar-refractivity contribution is 8.00. The lowest BCUT2D eigenvalue weighted by Crippen LogP contribution is -2.27. The fourth-order valence-electron chi connectivity index (χ4n) is 1.63. The van der Waals surface area contributed by atoms with E-state index in [0.717, 1.165) is 18.6 Å². The topological polar surface area (TPSA) is 59.1 Å². The standard InChI is InChI=1S/C11H14N2O2S2/c1-7(14)8-6-17-11(12-8)13-10(15)9-4-2-3-5-16-9/h6,9H,2-5H2,1H3,(H,12,13,15). The van der Waals surface area contributed by atoms with E-state index in [0.29, 0.717) is 10.8 Å². The van der Waals surface area contributed by atoms with Gasteiger partial charge in [0.2, 0.25) is 5.91 Å². The monoisotopic (exact) mass is 270 g/mol. The van der Waals surface area contributed by atoms with Crippen LogP contribution in [0.4, 0.5) is 5.13 Å². The molecule has 0 radical (unpaired) electrons. The first-order valence-electron chi connectivity index (χ1n) is 5.56. The Morgan fingerprint density at radius 3 is 2.88 bits per heavy atom. The molecule has 17 heavy (non-hydrogen) atoms. The van der Waals surface area contributed by atoms with Crippen LogP contribution in [0.3, 0.4) is 0 Å². The van der Waals surface area contributed by atoms with Gasteiger partial charge in [-0.2, -0.15) is 0 Å². The molecule has 0 aliphatic carbocycles. The second kappa shape index (κ2) is 5.64. The Hall–Kier alpha value is -0.880. The summed E-state index contributed by atoms with van der Waals surface area (Å²) >= 11 is 3.00. The predicted molar refractivity (Wildman–Crippen MR) is 70.8 cm³/mol. The second-order valence-electron chi connectivity index (χ2n) is 3.94. The molecule has 1 aromatic rings. The van der Waals surface area contributed by atoms with Crippen molar-refractivity contribution in [2.45, 2.75) is 31.4 Å². The van der Waals surface area contributed by atoms with E-state index in [2.05, 4.69) is 10.3 Å². The third-order valence-corrected chi connectivity index (χ3v) is 4.70. The average molecular weight is 270 g/mol. The lowest BCUT2D eigenvalue weighted by Gasteiger charge is -2.19. The molecule has 92 valence electrons. The zero-order chi connectivity index (χ0) is 12.3. The normalized spacial score (nSPS) is 19.9. The molecule has 0 spiro atoms. The molecule has 0 saturated carbocycles. The van der Waals surface area contributed by atoms with Gasteiger partial charge in [-0.15, -0.1) is 23.1 Å². The highest BCUT2D eigenvalue weighted by Crippen LogP contribution is 2.26. The molecular formula is C11H14N2O2S2. The van der Waals surface area contributed by atoms with Crippen LogP contribution in [0.5, 0.6) is 0 Å². The molecule has 1 aliphatic heterocycles. The van der Waals surface area contributed by atoms with Crippen LogP contribution in [0.2, 0.25) is 0 Å². The second-order valence-corrected chi connectivity index (χ2v) is 6.11. The zero-order valence-electron chi connectivity index (χ0n) is 9.56. The van der Waals surface area contributed by atoms with Gasteiger partial charge in [-0.25, -0.2) is 4.98 Å². The van der Waals surface area contributed by atoms with Crippen molar-refractivity contribution in [2.24, 2.45) is 0 Å². The van der Waals surface area contributed by atoms with Crippen LogP contribution in [-0.2, 0) is 4.79 Å². The largest absolute Gasteiger partial charge is 0.301 e. The third kappa shape index (κ3) is 3.29. The Labute approximate surface area is 108 Å². The predicted octanol–water partition coefficient (Wildman–Crippen LogP) is 2.57. The number of carbonyl (C=O) groups is 2. The molecule has 4 nitrogen and oxygen atoms in total. The molecule has 1 amide bonds. The minimum atomic E-state index is -0.0752. The van der Waals surface area contributed by atoms with Crippen molar-refractivity contribution in [3.05, 3.63) is 11.1 Å². The Balaban J connectivity index is 1.94. The van der Waals surface area contributed by atoms with E-state index in [4.69, 9.17) is 0 Å². The molecule has 1 aliphatic rings. The molecular weight excluding hydrogens is 256 g/mol. The van der Waals surface area contributed by atoms with E-state index in [-0.39, 0.29) is 16.9 Å².